The number of ether oxygens (including phenoxy) is 1. The highest BCUT2D eigenvalue weighted by Gasteiger charge is 2.19. The van der Waals surface area contributed by atoms with Gasteiger partial charge < -0.3 is 15.0 Å². The molecule has 1 saturated heterocycles. The normalized spacial score (nSPS) is 20.5. The van der Waals surface area contributed by atoms with Crippen LogP contribution in [0.3, 0.4) is 0 Å². The molecule has 0 radical (unpaired) electrons. The summed E-state index contributed by atoms with van der Waals surface area (Å²) in [4.78, 5) is 26.3. The molecule has 122 valence electrons. The van der Waals surface area contributed by atoms with Gasteiger partial charge >= 0.3 is 0 Å². The van der Waals surface area contributed by atoms with E-state index in [0.717, 1.165) is 12.8 Å². The Balaban J connectivity index is 1.61. The number of benzene rings is 1. The van der Waals surface area contributed by atoms with E-state index in [1.165, 1.54) is 0 Å². The molecule has 1 aliphatic carbocycles. The Morgan fingerprint density at radius 2 is 2.09 bits per heavy atom. The quantitative estimate of drug-likeness (QED) is 0.869. The maximum absolute atomic E-state index is 12.5. The van der Waals surface area contributed by atoms with Gasteiger partial charge in [0.25, 0.3) is 5.91 Å². The molecule has 1 heterocycles. The second-order valence-electron chi connectivity index (χ2n) is 6.00. The Hall–Kier alpha value is -2.14. The van der Waals surface area contributed by atoms with Crippen molar-refractivity contribution < 1.29 is 14.3 Å². The van der Waals surface area contributed by atoms with Crippen molar-refractivity contribution >= 4 is 17.5 Å². The lowest BCUT2D eigenvalue weighted by Crippen LogP contribution is -2.40. The molecule has 2 aliphatic rings. The number of rotatable bonds is 4. The molecule has 1 fully saturated rings. The van der Waals surface area contributed by atoms with Gasteiger partial charge in [-0.15, -0.1) is 0 Å². The van der Waals surface area contributed by atoms with Crippen LogP contribution in [0.25, 0.3) is 0 Å². The second-order valence-corrected chi connectivity index (χ2v) is 6.00. The zero-order valence-electron chi connectivity index (χ0n) is 13.2. The minimum absolute atomic E-state index is 0.00229. The monoisotopic (exact) mass is 314 g/mol. The SMILES string of the molecule is O=C(CC1C=CCC1)Nc1cccc(C(=O)N2CCOCC2)c1. The summed E-state index contributed by atoms with van der Waals surface area (Å²) in [7, 11) is 0. The number of hydrogen-bond donors (Lipinski definition) is 1. The number of nitrogens with one attached hydrogen (secondary N) is 1. The molecular formula is C18H22N2O3. The van der Waals surface area contributed by atoms with Gasteiger partial charge in [-0.25, -0.2) is 0 Å². The number of hydrogen-bond acceptors (Lipinski definition) is 3. The van der Waals surface area contributed by atoms with Crippen LogP contribution in [0.15, 0.2) is 36.4 Å². The Morgan fingerprint density at radius 1 is 1.26 bits per heavy atom. The minimum Gasteiger partial charge on any atom is -0.378 e. The first kappa shape index (κ1) is 15.7. The summed E-state index contributed by atoms with van der Waals surface area (Å²) in [5, 5.41) is 2.90. The second kappa shape index (κ2) is 7.42. The van der Waals surface area contributed by atoms with Crippen LogP contribution in [-0.4, -0.2) is 43.0 Å². The predicted octanol–water partition coefficient (Wildman–Crippen LogP) is 2.45. The van der Waals surface area contributed by atoms with Gasteiger partial charge in [-0.2, -0.15) is 0 Å². The molecule has 1 aliphatic heterocycles. The number of anilines is 1. The van der Waals surface area contributed by atoms with Gasteiger partial charge in [-0.1, -0.05) is 18.2 Å². The highest BCUT2D eigenvalue weighted by Crippen LogP contribution is 2.21. The van der Waals surface area contributed by atoms with E-state index >= 15 is 0 Å². The summed E-state index contributed by atoms with van der Waals surface area (Å²) in [5.41, 5.74) is 1.28. The molecule has 0 saturated carbocycles. The topological polar surface area (TPSA) is 58.6 Å². The Bertz CT molecular complexity index is 606. The molecule has 1 aromatic carbocycles. The van der Waals surface area contributed by atoms with Crippen LogP contribution in [0.5, 0.6) is 0 Å². The zero-order chi connectivity index (χ0) is 16.1. The standard InChI is InChI=1S/C18H22N2O3/c21-17(12-14-4-1-2-5-14)19-16-7-3-6-15(13-16)18(22)20-8-10-23-11-9-20/h1,3-4,6-7,13-14H,2,5,8-12H2,(H,19,21). The van der Waals surface area contributed by atoms with Crippen LogP contribution in [0.1, 0.15) is 29.6 Å². The molecule has 1 aromatic rings. The van der Waals surface area contributed by atoms with Gasteiger partial charge in [0.2, 0.25) is 5.91 Å². The van der Waals surface area contributed by atoms with Gasteiger partial charge in [0.1, 0.15) is 0 Å². The number of allylic oxidation sites excluding steroid dienone is 2. The maximum atomic E-state index is 12.5. The van der Waals surface area contributed by atoms with E-state index in [0.29, 0.717) is 49.9 Å². The van der Waals surface area contributed by atoms with Gasteiger partial charge in [-0.05, 0) is 37.0 Å². The molecule has 5 heteroatoms. The van der Waals surface area contributed by atoms with Gasteiger partial charge in [0.15, 0.2) is 0 Å². The number of carbonyl (C=O) groups excluding carboxylic acids is 2. The highest BCUT2D eigenvalue weighted by molar-refractivity contribution is 5.97. The van der Waals surface area contributed by atoms with Crippen molar-refractivity contribution in [2.45, 2.75) is 19.3 Å². The first-order chi connectivity index (χ1) is 11.2. The molecule has 23 heavy (non-hydrogen) atoms. The Labute approximate surface area is 136 Å². The minimum atomic E-state index is -0.0110. The third-order valence-electron chi connectivity index (χ3n) is 4.25. The van der Waals surface area contributed by atoms with Crippen molar-refractivity contribution in [3.63, 3.8) is 0 Å². The fourth-order valence-electron chi connectivity index (χ4n) is 2.99. The van der Waals surface area contributed by atoms with E-state index in [1.54, 1.807) is 23.1 Å². The molecule has 3 rings (SSSR count). The molecule has 5 nitrogen and oxygen atoms in total. The summed E-state index contributed by atoms with van der Waals surface area (Å²) >= 11 is 0. The summed E-state index contributed by atoms with van der Waals surface area (Å²) in [5.74, 6) is 0.328. The van der Waals surface area contributed by atoms with Crippen LogP contribution >= 0.6 is 0 Å². The molecule has 2 amide bonds. The number of morpholine rings is 1. The van der Waals surface area contributed by atoms with Crippen LogP contribution in [0, 0.1) is 5.92 Å². The van der Waals surface area contributed by atoms with Crippen molar-refractivity contribution in [1.29, 1.82) is 0 Å². The molecule has 0 bridgehead atoms. The van der Waals surface area contributed by atoms with Crippen molar-refractivity contribution in [1.82, 2.24) is 4.90 Å². The average molecular weight is 314 g/mol. The smallest absolute Gasteiger partial charge is 0.254 e. The highest BCUT2D eigenvalue weighted by atomic mass is 16.5. The van der Waals surface area contributed by atoms with Crippen LogP contribution in [0.2, 0.25) is 0 Å². The van der Waals surface area contributed by atoms with Crippen LogP contribution in [0.4, 0.5) is 5.69 Å². The summed E-state index contributed by atoms with van der Waals surface area (Å²) < 4.78 is 5.27. The maximum Gasteiger partial charge on any atom is 0.254 e. The molecular weight excluding hydrogens is 292 g/mol. The molecule has 0 aromatic heterocycles. The first-order valence-corrected chi connectivity index (χ1v) is 8.16. The summed E-state index contributed by atoms with van der Waals surface area (Å²) in [6.45, 7) is 2.39. The number of nitrogens with zero attached hydrogens (tertiary/aromatic N) is 1. The van der Waals surface area contributed by atoms with Gasteiger partial charge in [-0.3, -0.25) is 9.59 Å². The van der Waals surface area contributed by atoms with Crippen molar-refractivity contribution in [2.75, 3.05) is 31.6 Å². The van der Waals surface area contributed by atoms with Crippen LogP contribution in [-0.2, 0) is 9.53 Å². The summed E-state index contributed by atoms with van der Waals surface area (Å²) in [6, 6.07) is 7.16. The third-order valence-corrected chi connectivity index (χ3v) is 4.25. The first-order valence-electron chi connectivity index (χ1n) is 8.16. The van der Waals surface area contributed by atoms with Crippen LogP contribution < -0.4 is 5.32 Å². The molecule has 1 atom stereocenters. The largest absolute Gasteiger partial charge is 0.378 e. The summed E-state index contributed by atoms with van der Waals surface area (Å²) in [6.07, 6.45) is 6.83. The molecule has 0 spiro atoms. The lowest BCUT2D eigenvalue weighted by Gasteiger charge is -2.27. The lowest BCUT2D eigenvalue weighted by atomic mass is 10.0. The fraction of sp³-hybridized carbons (Fsp3) is 0.444. The van der Waals surface area contributed by atoms with E-state index in [1.807, 2.05) is 6.07 Å². The van der Waals surface area contributed by atoms with E-state index in [4.69, 9.17) is 4.74 Å². The van der Waals surface area contributed by atoms with Crippen molar-refractivity contribution in [3.8, 4) is 0 Å². The van der Waals surface area contributed by atoms with Crippen molar-refractivity contribution in [2.24, 2.45) is 5.92 Å². The number of carbonyl (C=O) groups is 2. The van der Waals surface area contributed by atoms with E-state index in [-0.39, 0.29) is 11.8 Å². The fourth-order valence-corrected chi connectivity index (χ4v) is 2.99. The Kier molecular flexibility index (Phi) is 5.08. The van der Waals surface area contributed by atoms with Gasteiger partial charge in [0, 0.05) is 30.8 Å². The third kappa shape index (κ3) is 4.20. The van der Waals surface area contributed by atoms with Gasteiger partial charge in [0.05, 0.1) is 13.2 Å². The van der Waals surface area contributed by atoms with E-state index < -0.39 is 0 Å². The van der Waals surface area contributed by atoms with Crippen molar-refractivity contribution in [3.05, 3.63) is 42.0 Å². The van der Waals surface area contributed by atoms with E-state index in [9.17, 15) is 9.59 Å². The Morgan fingerprint density at radius 3 is 2.83 bits per heavy atom. The lowest BCUT2D eigenvalue weighted by molar-refractivity contribution is -0.116. The van der Waals surface area contributed by atoms with E-state index in [2.05, 4.69) is 17.5 Å². The molecule has 1 N–H and O–H groups in total. The zero-order valence-corrected chi connectivity index (χ0v) is 13.2. The predicted molar refractivity (Wildman–Crippen MR) is 88.3 cm³/mol. The molecule has 1 unspecified atom stereocenters. The average Bonchev–Trinajstić information content (AvgIpc) is 3.08. The number of amides is 2.